The average Bonchev–Trinajstić information content (AvgIpc) is 2.39. The summed E-state index contributed by atoms with van der Waals surface area (Å²) in [6, 6.07) is 11.8. The number of benzene rings is 1. The molecule has 4 heteroatoms. The van der Waals surface area contributed by atoms with E-state index in [4.69, 9.17) is 16.3 Å². The first-order chi connectivity index (χ1) is 9.15. The van der Waals surface area contributed by atoms with E-state index < -0.39 is 0 Å². The van der Waals surface area contributed by atoms with Crippen LogP contribution in [-0.4, -0.2) is 11.1 Å². The van der Waals surface area contributed by atoms with Crippen LogP contribution in [-0.2, 0) is 6.54 Å². The molecule has 19 heavy (non-hydrogen) atoms. The lowest BCUT2D eigenvalue weighted by Gasteiger charge is -2.11. The van der Waals surface area contributed by atoms with Crippen molar-refractivity contribution in [2.24, 2.45) is 0 Å². The second-order valence-electron chi connectivity index (χ2n) is 4.51. The van der Waals surface area contributed by atoms with Crippen LogP contribution in [0.5, 0.6) is 5.75 Å². The standard InChI is InChI=1S/C15H17ClN2O/c1-11(2)19-13-7-5-12(6-8-13)10-18-14-4-3-9-17-15(14)16/h3-9,11,18H,10H2,1-2H3. The second kappa shape index (κ2) is 6.43. The Morgan fingerprint density at radius 2 is 1.95 bits per heavy atom. The molecule has 0 atom stereocenters. The Balaban J connectivity index is 1.95. The van der Waals surface area contributed by atoms with Crippen molar-refractivity contribution in [2.75, 3.05) is 5.32 Å². The van der Waals surface area contributed by atoms with Gasteiger partial charge in [-0.2, -0.15) is 0 Å². The highest BCUT2D eigenvalue weighted by atomic mass is 35.5. The van der Waals surface area contributed by atoms with Gasteiger partial charge in [0.1, 0.15) is 5.75 Å². The maximum atomic E-state index is 5.98. The van der Waals surface area contributed by atoms with Gasteiger partial charge in [0.15, 0.2) is 5.15 Å². The molecule has 1 N–H and O–H groups in total. The fraction of sp³-hybridized carbons (Fsp3) is 0.267. The molecule has 0 bridgehead atoms. The van der Waals surface area contributed by atoms with Crippen molar-refractivity contribution in [1.29, 1.82) is 0 Å². The molecule has 0 saturated heterocycles. The Morgan fingerprint density at radius 3 is 2.58 bits per heavy atom. The lowest BCUT2D eigenvalue weighted by molar-refractivity contribution is 0.242. The van der Waals surface area contributed by atoms with Crippen molar-refractivity contribution >= 4 is 17.3 Å². The minimum atomic E-state index is 0.193. The molecule has 1 aromatic carbocycles. The minimum absolute atomic E-state index is 0.193. The number of halogens is 1. The number of nitrogens with one attached hydrogen (secondary N) is 1. The van der Waals surface area contributed by atoms with Gasteiger partial charge in [-0.15, -0.1) is 0 Å². The molecule has 1 heterocycles. The van der Waals surface area contributed by atoms with Crippen LogP contribution in [0.15, 0.2) is 42.6 Å². The maximum absolute atomic E-state index is 5.98. The van der Waals surface area contributed by atoms with Crippen LogP contribution in [0.2, 0.25) is 5.15 Å². The molecule has 0 radical (unpaired) electrons. The Kier molecular flexibility index (Phi) is 4.63. The first-order valence-corrected chi connectivity index (χ1v) is 6.63. The van der Waals surface area contributed by atoms with Gasteiger partial charge in [-0.05, 0) is 43.7 Å². The van der Waals surface area contributed by atoms with E-state index in [1.807, 2.05) is 50.2 Å². The lowest BCUT2D eigenvalue weighted by Crippen LogP contribution is -2.05. The summed E-state index contributed by atoms with van der Waals surface area (Å²) < 4.78 is 5.60. The van der Waals surface area contributed by atoms with Gasteiger partial charge >= 0.3 is 0 Å². The number of anilines is 1. The number of ether oxygens (including phenoxy) is 1. The summed E-state index contributed by atoms with van der Waals surface area (Å²) in [4.78, 5) is 4.02. The van der Waals surface area contributed by atoms with E-state index in [0.29, 0.717) is 11.7 Å². The summed E-state index contributed by atoms with van der Waals surface area (Å²) in [6.07, 6.45) is 1.86. The third-order valence-corrected chi connectivity index (χ3v) is 2.84. The van der Waals surface area contributed by atoms with Crippen LogP contribution in [0.3, 0.4) is 0 Å². The summed E-state index contributed by atoms with van der Waals surface area (Å²) in [6.45, 7) is 4.73. The van der Waals surface area contributed by atoms with Crippen LogP contribution < -0.4 is 10.1 Å². The topological polar surface area (TPSA) is 34.1 Å². The largest absolute Gasteiger partial charge is 0.491 e. The van der Waals surface area contributed by atoms with Crippen molar-refractivity contribution in [1.82, 2.24) is 4.98 Å². The number of hydrogen-bond donors (Lipinski definition) is 1. The first-order valence-electron chi connectivity index (χ1n) is 6.25. The molecule has 2 rings (SSSR count). The Hall–Kier alpha value is -1.74. The van der Waals surface area contributed by atoms with Gasteiger partial charge in [0.05, 0.1) is 11.8 Å². The molecule has 0 aliphatic heterocycles. The van der Waals surface area contributed by atoms with Crippen molar-refractivity contribution < 1.29 is 4.74 Å². The summed E-state index contributed by atoms with van der Waals surface area (Å²) in [5.41, 5.74) is 2.00. The molecule has 0 spiro atoms. The van der Waals surface area contributed by atoms with E-state index in [1.54, 1.807) is 6.20 Å². The maximum Gasteiger partial charge on any atom is 0.152 e. The normalized spacial score (nSPS) is 10.5. The molecule has 0 unspecified atom stereocenters. The average molecular weight is 277 g/mol. The Morgan fingerprint density at radius 1 is 1.21 bits per heavy atom. The predicted molar refractivity (Wildman–Crippen MR) is 78.8 cm³/mol. The Labute approximate surface area is 118 Å². The highest BCUT2D eigenvalue weighted by Gasteiger charge is 2.01. The SMILES string of the molecule is CC(C)Oc1ccc(CNc2cccnc2Cl)cc1. The zero-order valence-electron chi connectivity index (χ0n) is 11.1. The quantitative estimate of drug-likeness (QED) is 0.834. The van der Waals surface area contributed by atoms with Gasteiger partial charge in [0.2, 0.25) is 0 Å². The number of nitrogens with zero attached hydrogens (tertiary/aromatic N) is 1. The van der Waals surface area contributed by atoms with Crippen LogP contribution in [0.1, 0.15) is 19.4 Å². The summed E-state index contributed by atoms with van der Waals surface area (Å²) in [5, 5.41) is 3.74. The number of rotatable bonds is 5. The van der Waals surface area contributed by atoms with Crippen molar-refractivity contribution in [2.45, 2.75) is 26.5 Å². The van der Waals surface area contributed by atoms with E-state index in [0.717, 1.165) is 17.0 Å². The van der Waals surface area contributed by atoms with Crippen molar-refractivity contribution in [3.8, 4) is 5.75 Å². The van der Waals surface area contributed by atoms with Gasteiger partial charge in [-0.3, -0.25) is 0 Å². The molecule has 0 fully saturated rings. The molecular weight excluding hydrogens is 260 g/mol. The fourth-order valence-corrected chi connectivity index (χ4v) is 1.86. The molecule has 3 nitrogen and oxygen atoms in total. The molecule has 2 aromatic rings. The number of aromatic nitrogens is 1. The zero-order valence-corrected chi connectivity index (χ0v) is 11.8. The third kappa shape index (κ3) is 4.14. The smallest absolute Gasteiger partial charge is 0.152 e. The minimum Gasteiger partial charge on any atom is -0.491 e. The molecule has 0 amide bonds. The highest BCUT2D eigenvalue weighted by molar-refractivity contribution is 6.31. The monoisotopic (exact) mass is 276 g/mol. The second-order valence-corrected chi connectivity index (χ2v) is 4.86. The highest BCUT2D eigenvalue weighted by Crippen LogP contribution is 2.19. The molecule has 0 saturated carbocycles. The summed E-state index contributed by atoms with van der Waals surface area (Å²) >= 11 is 5.98. The van der Waals surface area contributed by atoms with E-state index in [9.17, 15) is 0 Å². The number of pyridine rings is 1. The van der Waals surface area contributed by atoms with E-state index in [1.165, 1.54) is 0 Å². The molecule has 0 aliphatic carbocycles. The van der Waals surface area contributed by atoms with E-state index in [-0.39, 0.29) is 6.10 Å². The summed E-state index contributed by atoms with van der Waals surface area (Å²) in [7, 11) is 0. The van der Waals surface area contributed by atoms with Gasteiger partial charge < -0.3 is 10.1 Å². The van der Waals surface area contributed by atoms with Crippen LogP contribution in [0.25, 0.3) is 0 Å². The van der Waals surface area contributed by atoms with Gasteiger partial charge in [-0.1, -0.05) is 23.7 Å². The molecule has 0 aliphatic rings. The van der Waals surface area contributed by atoms with E-state index in [2.05, 4.69) is 10.3 Å². The lowest BCUT2D eigenvalue weighted by atomic mass is 10.2. The van der Waals surface area contributed by atoms with Crippen LogP contribution >= 0.6 is 11.6 Å². The summed E-state index contributed by atoms with van der Waals surface area (Å²) in [5.74, 6) is 0.887. The molecule has 100 valence electrons. The fourth-order valence-electron chi connectivity index (χ4n) is 1.67. The van der Waals surface area contributed by atoms with Crippen LogP contribution in [0.4, 0.5) is 5.69 Å². The van der Waals surface area contributed by atoms with E-state index >= 15 is 0 Å². The molecule has 1 aromatic heterocycles. The van der Waals surface area contributed by atoms with Crippen molar-refractivity contribution in [3.05, 3.63) is 53.3 Å². The van der Waals surface area contributed by atoms with Gasteiger partial charge in [0.25, 0.3) is 0 Å². The first kappa shape index (κ1) is 13.7. The Bertz CT molecular complexity index is 526. The number of hydrogen-bond acceptors (Lipinski definition) is 3. The predicted octanol–water partition coefficient (Wildman–Crippen LogP) is 4.13. The van der Waals surface area contributed by atoms with Gasteiger partial charge in [0, 0.05) is 12.7 Å². The van der Waals surface area contributed by atoms with Gasteiger partial charge in [-0.25, -0.2) is 4.98 Å². The third-order valence-electron chi connectivity index (χ3n) is 2.54. The van der Waals surface area contributed by atoms with Crippen LogP contribution in [0, 0.1) is 0 Å². The zero-order chi connectivity index (χ0) is 13.7. The van der Waals surface area contributed by atoms with Crippen molar-refractivity contribution in [3.63, 3.8) is 0 Å². The molecular formula is C15H17ClN2O.